The van der Waals surface area contributed by atoms with E-state index in [-0.39, 0.29) is 17.8 Å². The molecule has 1 rings (SSSR count). The third-order valence-electron chi connectivity index (χ3n) is 3.94. The van der Waals surface area contributed by atoms with Gasteiger partial charge >= 0.3 is 0 Å². The molecule has 5 nitrogen and oxygen atoms in total. The molecule has 0 aromatic heterocycles. The van der Waals surface area contributed by atoms with Crippen molar-refractivity contribution in [2.45, 2.75) is 39.7 Å². The van der Waals surface area contributed by atoms with Crippen LogP contribution in [0.2, 0.25) is 0 Å². The van der Waals surface area contributed by atoms with Gasteiger partial charge in [0.1, 0.15) is 5.92 Å². The molecule has 0 saturated heterocycles. The van der Waals surface area contributed by atoms with Crippen LogP contribution in [0.1, 0.15) is 32.8 Å². The molecule has 116 valence electrons. The zero-order valence-electron chi connectivity index (χ0n) is 12.9. The quantitative estimate of drug-likeness (QED) is 0.311. The number of hydrogen-bond donors (Lipinski definition) is 3. The van der Waals surface area contributed by atoms with E-state index in [1.165, 1.54) is 0 Å². The van der Waals surface area contributed by atoms with Gasteiger partial charge in [0.15, 0.2) is 5.84 Å². The topological polar surface area (TPSA) is 87.7 Å². The fourth-order valence-corrected chi connectivity index (χ4v) is 2.07. The minimum absolute atomic E-state index is 0.0484. The first-order valence-corrected chi connectivity index (χ1v) is 7.31. The Morgan fingerprint density at radius 1 is 1.33 bits per heavy atom. The van der Waals surface area contributed by atoms with Gasteiger partial charge in [-0.2, -0.15) is 0 Å². The number of nitrogens with zero attached hydrogens (tertiary/aromatic N) is 1. The second-order valence-electron chi connectivity index (χ2n) is 5.45. The molecule has 3 atom stereocenters. The Morgan fingerprint density at radius 2 is 1.95 bits per heavy atom. The van der Waals surface area contributed by atoms with Crippen LogP contribution in [0, 0.1) is 11.8 Å². The SMILES string of the molecule is CCC(C)C(C)NC(=O)C(Cc1ccccc1)C(N)=NO. The normalized spacial score (nSPS) is 16.0. The van der Waals surface area contributed by atoms with Crippen LogP contribution in [-0.4, -0.2) is 23.0 Å². The van der Waals surface area contributed by atoms with E-state index < -0.39 is 5.92 Å². The molecule has 0 spiro atoms. The lowest BCUT2D eigenvalue weighted by Crippen LogP contribution is -2.45. The number of oxime groups is 1. The van der Waals surface area contributed by atoms with Crippen LogP contribution in [-0.2, 0) is 11.2 Å². The number of carbonyl (C=O) groups is 1. The molecule has 1 aromatic carbocycles. The van der Waals surface area contributed by atoms with Gasteiger partial charge in [-0.3, -0.25) is 4.79 Å². The lowest BCUT2D eigenvalue weighted by Gasteiger charge is -2.23. The van der Waals surface area contributed by atoms with E-state index in [9.17, 15) is 4.79 Å². The monoisotopic (exact) mass is 291 g/mol. The zero-order chi connectivity index (χ0) is 15.8. The first kappa shape index (κ1) is 17.0. The Morgan fingerprint density at radius 3 is 2.48 bits per heavy atom. The fourth-order valence-electron chi connectivity index (χ4n) is 2.07. The Balaban J connectivity index is 2.81. The average molecular weight is 291 g/mol. The standard InChI is InChI=1S/C16H25N3O2/c1-4-11(2)12(3)18-16(20)14(15(17)19-21)10-13-8-6-5-7-9-13/h5-9,11-12,14,21H,4,10H2,1-3H3,(H2,17,19)(H,18,20). The molecule has 21 heavy (non-hydrogen) atoms. The molecular weight excluding hydrogens is 266 g/mol. The van der Waals surface area contributed by atoms with Gasteiger partial charge in [0, 0.05) is 6.04 Å². The minimum atomic E-state index is -0.663. The lowest BCUT2D eigenvalue weighted by molar-refractivity contribution is -0.124. The highest BCUT2D eigenvalue weighted by atomic mass is 16.4. The van der Waals surface area contributed by atoms with Gasteiger partial charge in [-0.05, 0) is 24.8 Å². The summed E-state index contributed by atoms with van der Waals surface area (Å²) < 4.78 is 0. The summed E-state index contributed by atoms with van der Waals surface area (Å²) in [4.78, 5) is 12.4. The molecular formula is C16H25N3O2. The number of hydrogen-bond acceptors (Lipinski definition) is 3. The maximum atomic E-state index is 12.4. The van der Waals surface area contributed by atoms with Crippen molar-refractivity contribution in [2.24, 2.45) is 22.7 Å². The highest BCUT2D eigenvalue weighted by Gasteiger charge is 2.25. The number of amides is 1. The number of nitrogens with one attached hydrogen (secondary N) is 1. The molecule has 0 radical (unpaired) electrons. The lowest BCUT2D eigenvalue weighted by atomic mass is 9.95. The number of carbonyl (C=O) groups excluding carboxylic acids is 1. The molecule has 5 heteroatoms. The van der Waals surface area contributed by atoms with E-state index in [1.807, 2.05) is 37.3 Å². The highest BCUT2D eigenvalue weighted by molar-refractivity contribution is 6.02. The van der Waals surface area contributed by atoms with Crippen molar-refractivity contribution in [3.05, 3.63) is 35.9 Å². The van der Waals surface area contributed by atoms with Crippen LogP contribution in [0.3, 0.4) is 0 Å². The Labute approximate surface area is 126 Å². The van der Waals surface area contributed by atoms with Crippen molar-refractivity contribution in [1.29, 1.82) is 0 Å². The molecule has 1 aromatic rings. The third-order valence-corrected chi connectivity index (χ3v) is 3.94. The van der Waals surface area contributed by atoms with Crippen molar-refractivity contribution in [3.63, 3.8) is 0 Å². The minimum Gasteiger partial charge on any atom is -0.409 e. The molecule has 1 amide bonds. The molecule has 0 bridgehead atoms. The summed E-state index contributed by atoms with van der Waals surface area (Å²) in [6.07, 6.45) is 1.39. The molecule has 0 aliphatic carbocycles. The van der Waals surface area contributed by atoms with Crippen LogP contribution in [0.5, 0.6) is 0 Å². The van der Waals surface area contributed by atoms with Crippen LogP contribution in [0.25, 0.3) is 0 Å². The first-order valence-electron chi connectivity index (χ1n) is 7.31. The predicted molar refractivity (Wildman–Crippen MR) is 84.1 cm³/mol. The molecule has 3 unspecified atom stereocenters. The van der Waals surface area contributed by atoms with E-state index in [1.54, 1.807) is 0 Å². The van der Waals surface area contributed by atoms with Crippen molar-refractivity contribution < 1.29 is 10.0 Å². The summed E-state index contributed by atoms with van der Waals surface area (Å²) in [6, 6.07) is 9.60. The summed E-state index contributed by atoms with van der Waals surface area (Å²) >= 11 is 0. The smallest absolute Gasteiger partial charge is 0.231 e. The third kappa shape index (κ3) is 5.10. The predicted octanol–water partition coefficient (Wildman–Crippen LogP) is 2.14. The first-order chi connectivity index (χ1) is 9.99. The maximum Gasteiger partial charge on any atom is 0.231 e. The van der Waals surface area contributed by atoms with Crippen molar-refractivity contribution >= 4 is 11.7 Å². The average Bonchev–Trinajstić information content (AvgIpc) is 2.51. The van der Waals surface area contributed by atoms with E-state index in [2.05, 4.69) is 24.3 Å². The maximum absolute atomic E-state index is 12.4. The molecule has 0 heterocycles. The second kappa shape index (κ2) is 8.29. The van der Waals surface area contributed by atoms with Gasteiger partial charge in [0.2, 0.25) is 5.91 Å². The number of benzene rings is 1. The van der Waals surface area contributed by atoms with Crippen molar-refractivity contribution in [1.82, 2.24) is 5.32 Å². The van der Waals surface area contributed by atoms with Gasteiger partial charge < -0.3 is 16.3 Å². The van der Waals surface area contributed by atoms with Gasteiger partial charge in [-0.1, -0.05) is 55.8 Å². The number of rotatable bonds is 7. The van der Waals surface area contributed by atoms with E-state index in [4.69, 9.17) is 10.9 Å². The summed E-state index contributed by atoms with van der Waals surface area (Å²) in [5.41, 5.74) is 6.66. The molecule has 0 fully saturated rings. The van der Waals surface area contributed by atoms with Crippen LogP contribution >= 0.6 is 0 Å². The van der Waals surface area contributed by atoms with Crippen LogP contribution < -0.4 is 11.1 Å². The summed E-state index contributed by atoms with van der Waals surface area (Å²) in [5.74, 6) is -0.558. The van der Waals surface area contributed by atoms with Gasteiger partial charge in [0.25, 0.3) is 0 Å². The van der Waals surface area contributed by atoms with Gasteiger partial charge in [0.05, 0.1) is 0 Å². The summed E-state index contributed by atoms with van der Waals surface area (Å²) in [7, 11) is 0. The number of nitrogens with two attached hydrogens (primary N) is 1. The van der Waals surface area contributed by atoms with Crippen molar-refractivity contribution in [2.75, 3.05) is 0 Å². The van der Waals surface area contributed by atoms with Crippen molar-refractivity contribution in [3.8, 4) is 0 Å². The van der Waals surface area contributed by atoms with Crippen LogP contribution in [0.4, 0.5) is 0 Å². The van der Waals surface area contributed by atoms with Crippen LogP contribution in [0.15, 0.2) is 35.5 Å². The summed E-state index contributed by atoms with van der Waals surface area (Å²) in [6.45, 7) is 6.14. The van der Waals surface area contributed by atoms with Gasteiger partial charge in [-0.25, -0.2) is 0 Å². The Bertz CT molecular complexity index is 474. The zero-order valence-corrected chi connectivity index (χ0v) is 12.9. The molecule has 0 aliphatic heterocycles. The van der Waals surface area contributed by atoms with E-state index in [0.717, 1.165) is 12.0 Å². The van der Waals surface area contributed by atoms with E-state index in [0.29, 0.717) is 12.3 Å². The Kier molecular flexibility index (Phi) is 6.72. The fraction of sp³-hybridized carbons (Fsp3) is 0.500. The van der Waals surface area contributed by atoms with Gasteiger partial charge in [-0.15, -0.1) is 0 Å². The second-order valence-corrected chi connectivity index (χ2v) is 5.45. The highest BCUT2D eigenvalue weighted by Crippen LogP contribution is 2.12. The Hall–Kier alpha value is -2.04. The largest absolute Gasteiger partial charge is 0.409 e. The molecule has 4 N–H and O–H groups in total. The molecule has 0 saturated carbocycles. The van der Waals surface area contributed by atoms with E-state index >= 15 is 0 Å². The molecule has 0 aliphatic rings. The number of amidine groups is 1. The summed E-state index contributed by atoms with van der Waals surface area (Å²) in [5, 5.41) is 14.9.